The first kappa shape index (κ1) is 12.4. The van der Waals surface area contributed by atoms with Crippen LogP contribution in [0, 0.1) is 6.92 Å². The van der Waals surface area contributed by atoms with Gasteiger partial charge in [0.2, 0.25) is 0 Å². The largest absolute Gasteiger partial charge is 0.370 e. The average Bonchev–Trinajstić information content (AvgIpc) is 2.23. The third-order valence-corrected chi connectivity index (χ3v) is 2.92. The zero-order valence-corrected chi connectivity index (χ0v) is 10.4. The van der Waals surface area contributed by atoms with Gasteiger partial charge < -0.3 is 5.32 Å². The van der Waals surface area contributed by atoms with Gasteiger partial charge in [-0.05, 0) is 43.9 Å². The smallest absolute Gasteiger partial charge is 0.126 e. The van der Waals surface area contributed by atoms with Crippen molar-refractivity contribution in [3.8, 4) is 0 Å². The lowest BCUT2D eigenvalue weighted by Gasteiger charge is -2.05. The Morgan fingerprint density at radius 1 is 1.27 bits per heavy atom. The quantitative estimate of drug-likeness (QED) is 0.719. The number of hydrogen-bond acceptors (Lipinski definition) is 3. The van der Waals surface area contributed by atoms with E-state index in [0.717, 1.165) is 18.1 Å². The van der Waals surface area contributed by atoms with E-state index in [2.05, 4.69) is 16.6 Å². The standard InChI is InChI=1S/C12H20N2S/c1-11-7-6-8-12(14-11)13-9-4-3-5-10-15-2/h6-8H,3-5,9-10H2,1-2H3,(H,13,14). The van der Waals surface area contributed by atoms with Crippen LogP contribution >= 0.6 is 11.8 Å². The number of nitrogens with one attached hydrogen (secondary N) is 1. The summed E-state index contributed by atoms with van der Waals surface area (Å²) >= 11 is 1.93. The van der Waals surface area contributed by atoms with E-state index in [4.69, 9.17) is 0 Å². The molecule has 0 aliphatic carbocycles. The molecule has 0 radical (unpaired) electrons. The number of anilines is 1. The van der Waals surface area contributed by atoms with Crippen LogP contribution in [-0.2, 0) is 0 Å². The molecule has 84 valence electrons. The summed E-state index contributed by atoms with van der Waals surface area (Å²) in [6, 6.07) is 6.08. The van der Waals surface area contributed by atoms with Crippen molar-refractivity contribution in [3.63, 3.8) is 0 Å². The number of pyridine rings is 1. The van der Waals surface area contributed by atoms with E-state index in [1.54, 1.807) is 0 Å². The normalized spacial score (nSPS) is 10.3. The van der Waals surface area contributed by atoms with Crippen molar-refractivity contribution >= 4 is 17.6 Å². The van der Waals surface area contributed by atoms with Crippen molar-refractivity contribution in [1.29, 1.82) is 0 Å². The fourth-order valence-electron chi connectivity index (χ4n) is 1.41. The highest BCUT2D eigenvalue weighted by atomic mass is 32.2. The van der Waals surface area contributed by atoms with E-state index in [1.165, 1.54) is 25.0 Å². The first-order chi connectivity index (χ1) is 7.33. The van der Waals surface area contributed by atoms with Crippen LogP contribution in [0.1, 0.15) is 25.0 Å². The second-order valence-electron chi connectivity index (χ2n) is 3.64. The Bertz CT molecular complexity index is 276. The third-order valence-electron chi connectivity index (χ3n) is 2.22. The molecule has 15 heavy (non-hydrogen) atoms. The summed E-state index contributed by atoms with van der Waals surface area (Å²) in [7, 11) is 0. The summed E-state index contributed by atoms with van der Waals surface area (Å²) in [5.74, 6) is 2.28. The van der Waals surface area contributed by atoms with Gasteiger partial charge in [0.25, 0.3) is 0 Å². The highest BCUT2D eigenvalue weighted by Crippen LogP contribution is 2.05. The van der Waals surface area contributed by atoms with Crippen molar-refractivity contribution in [3.05, 3.63) is 23.9 Å². The Hall–Kier alpha value is -0.700. The molecule has 0 saturated heterocycles. The third kappa shape index (κ3) is 5.67. The molecule has 1 aromatic heterocycles. The number of unbranched alkanes of at least 4 members (excludes halogenated alkanes) is 2. The molecule has 1 rings (SSSR count). The number of thioether (sulfide) groups is 1. The maximum atomic E-state index is 4.39. The van der Waals surface area contributed by atoms with Crippen LogP contribution in [0.15, 0.2) is 18.2 Å². The van der Waals surface area contributed by atoms with Crippen LogP contribution in [0.5, 0.6) is 0 Å². The van der Waals surface area contributed by atoms with Gasteiger partial charge in [-0.2, -0.15) is 11.8 Å². The maximum absolute atomic E-state index is 4.39. The van der Waals surface area contributed by atoms with Crippen molar-refractivity contribution in [2.45, 2.75) is 26.2 Å². The lowest BCUT2D eigenvalue weighted by Crippen LogP contribution is -2.03. The summed E-state index contributed by atoms with van der Waals surface area (Å²) in [5.41, 5.74) is 1.07. The van der Waals surface area contributed by atoms with E-state index >= 15 is 0 Å². The zero-order chi connectivity index (χ0) is 10.9. The van der Waals surface area contributed by atoms with Gasteiger partial charge in [-0.1, -0.05) is 12.5 Å². The molecule has 0 unspecified atom stereocenters. The number of nitrogens with zero attached hydrogens (tertiary/aromatic N) is 1. The summed E-state index contributed by atoms with van der Waals surface area (Å²) < 4.78 is 0. The average molecular weight is 224 g/mol. The molecule has 3 heteroatoms. The van der Waals surface area contributed by atoms with Crippen molar-refractivity contribution in [2.24, 2.45) is 0 Å². The van der Waals surface area contributed by atoms with Gasteiger partial charge in [-0.15, -0.1) is 0 Å². The zero-order valence-electron chi connectivity index (χ0n) is 9.62. The van der Waals surface area contributed by atoms with Crippen molar-refractivity contribution in [2.75, 3.05) is 23.9 Å². The van der Waals surface area contributed by atoms with Crippen LogP contribution in [-0.4, -0.2) is 23.5 Å². The first-order valence-electron chi connectivity index (χ1n) is 5.49. The Morgan fingerprint density at radius 3 is 2.87 bits per heavy atom. The Morgan fingerprint density at radius 2 is 2.13 bits per heavy atom. The lowest BCUT2D eigenvalue weighted by molar-refractivity contribution is 0.748. The molecule has 1 heterocycles. The molecular weight excluding hydrogens is 204 g/mol. The molecular formula is C12H20N2S. The van der Waals surface area contributed by atoms with Gasteiger partial charge in [-0.25, -0.2) is 4.98 Å². The number of hydrogen-bond donors (Lipinski definition) is 1. The van der Waals surface area contributed by atoms with E-state index in [1.807, 2.05) is 36.9 Å². The first-order valence-corrected chi connectivity index (χ1v) is 6.89. The molecule has 0 amide bonds. The predicted molar refractivity (Wildman–Crippen MR) is 69.7 cm³/mol. The van der Waals surface area contributed by atoms with Gasteiger partial charge in [0.05, 0.1) is 0 Å². The summed E-state index contributed by atoms with van der Waals surface area (Å²) in [5, 5.41) is 3.34. The minimum absolute atomic E-state index is 1.000. The maximum Gasteiger partial charge on any atom is 0.126 e. The summed E-state index contributed by atoms with van der Waals surface area (Å²) in [6.45, 7) is 3.05. The van der Waals surface area contributed by atoms with E-state index in [0.29, 0.717) is 0 Å². The monoisotopic (exact) mass is 224 g/mol. The fourth-order valence-corrected chi connectivity index (χ4v) is 1.90. The fraction of sp³-hybridized carbons (Fsp3) is 0.583. The Labute approximate surface area is 96.9 Å². The van der Waals surface area contributed by atoms with E-state index in [9.17, 15) is 0 Å². The molecule has 2 nitrogen and oxygen atoms in total. The molecule has 0 aliphatic rings. The van der Waals surface area contributed by atoms with Crippen LogP contribution in [0.25, 0.3) is 0 Å². The van der Waals surface area contributed by atoms with Gasteiger partial charge >= 0.3 is 0 Å². The predicted octanol–water partition coefficient (Wildman–Crippen LogP) is 3.34. The van der Waals surface area contributed by atoms with Crippen LogP contribution in [0.2, 0.25) is 0 Å². The molecule has 0 fully saturated rings. The molecule has 0 atom stereocenters. The molecule has 0 saturated carbocycles. The van der Waals surface area contributed by atoms with Gasteiger partial charge in [0.1, 0.15) is 5.82 Å². The van der Waals surface area contributed by atoms with Gasteiger partial charge in [0.15, 0.2) is 0 Å². The molecule has 1 aromatic rings. The minimum atomic E-state index is 1.000. The van der Waals surface area contributed by atoms with E-state index < -0.39 is 0 Å². The molecule has 1 N–H and O–H groups in total. The Balaban J connectivity index is 2.10. The summed E-state index contributed by atoms with van der Waals surface area (Å²) in [4.78, 5) is 4.39. The van der Waals surface area contributed by atoms with Gasteiger partial charge in [-0.3, -0.25) is 0 Å². The molecule has 0 aliphatic heterocycles. The van der Waals surface area contributed by atoms with Gasteiger partial charge in [0, 0.05) is 12.2 Å². The minimum Gasteiger partial charge on any atom is -0.370 e. The van der Waals surface area contributed by atoms with Crippen LogP contribution in [0.3, 0.4) is 0 Å². The van der Waals surface area contributed by atoms with Crippen LogP contribution in [0.4, 0.5) is 5.82 Å². The van der Waals surface area contributed by atoms with Crippen LogP contribution < -0.4 is 5.32 Å². The second-order valence-corrected chi connectivity index (χ2v) is 4.63. The molecule has 0 spiro atoms. The highest BCUT2D eigenvalue weighted by Gasteiger charge is 1.93. The van der Waals surface area contributed by atoms with E-state index in [-0.39, 0.29) is 0 Å². The molecule has 0 aromatic carbocycles. The second kappa shape index (κ2) is 7.57. The van der Waals surface area contributed by atoms with Crippen molar-refractivity contribution in [1.82, 2.24) is 4.98 Å². The number of aryl methyl sites for hydroxylation is 1. The topological polar surface area (TPSA) is 24.9 Å². The number of aromatic nitrogens is 1. The number of rotatable bonds is 7. The SMILES string of the molecule is CSCCCCCNc1cccc(C)n1. The van der Waals surface area contributed by atoms with Crippen molar-refractivity contribution < 1.29 is 0 Å². The Kier molecular flexibility index (Phi) is 6.25. The summed E-state index contributed by atoms with van der Waals surface area (Å²) in [6.07, 6.45) is 6.02. The lowest BCUT2D eigenvalue weighted by atomic mass is 10.2. The molecule has 0 bridgehead atoms. The highest BCUT2D eigenvalue weighted by molar-refractivity contribution is 7.98.